The Morgan fingerprint density at radius 1 is 1.54 bits per heavy atom. The van der Waals surface area contributed by atoms with Gasteiger partial charge in [-0.1, -0.05) is 6.92 Å². The normalized spacial score (nSPS) is 9.31. The van der Waals surface area contributed by atoms with Gasteiger partial charge in [-0.3, -0.25) is 9.78 Å². The summed E-state index contributed by atoms with van der Waals surface area (Å²) in [5.41, 5.74) is -1.27. The van der Waals surface area contributed by atoms with E-state index in [0.717, 1.165) is 10.6 Å². The quantitative estimate of drug-likeness (QED) is 0.485. The molecule has 0 radical (unpaired) electrons. The van der Waals surface area contributed by atoms with Crippen LogP contribution in [0.2, 0.25) is 0 Å². The van der Waals surface area contributed by atoms with Crippen LogP contribution in [0.5, 0.6) is 5.88 Å². The third-order valence-electron chi connectivity index (χ3n) is 1.44. The van der Waals surface area contributed by atoms with Gasteiger partial charge in [0.25, 0.3) is 5.56 Å². The zero-order valence-electron chi connectivity index (χ0n) is 7.66. The summed E-state index contributed by atoms with van der Waals surface area (Å²) in [6, 6.07) is 0.872. The van der Waals surface area contributed by atoms with Crippen LogP contribution in [0.15, 0.2) is 15.7 Å². The maximum Gasteiger partial charge on any atom is 1.00 e. The average molecular weight is 192 g/mol. The van der Waals surface area contributed by atoms with Crippen molar-refractivity contribution in [3.05, 3.63) is 26.9 Å². The van der Waals surface area contributed by atoms with E-state index in [4.69, 9.17) is 0 Å². The van der Waals surface area contributed by atoms with Crippen molar-refractivity contribution in [1.29, 1.82) is 0 Å². The van der Waals surface area contributed by atoms with Crippen molar-refractivity contribution in [3.8, 4) is 5.88 Å². The van der Waals surface area contributed by atoms with Gasteiger partial charge in [-0.05, 0) is 12.3 Å². The maximum atomic E-state index is 11.0. The Morgan fingerprint density at radius 2 is 2.15 bits per heavy atom. The van der Waals surface area contributed by atoms with Gasteiger partial charge in [0.05, 0.1) is 0 Å². The summed E-state index contributed by atoms with van der Waals surface area (Å²) in [6.07, 6.45) is 0.682. The van der Waals surface area contributed by atoms with Crippen LogP contribution in [0.25, 0.3) is 0 Å². The number of aromatic amines is 1. The predicted molar refractivity (Wildman–Crippen MR) is 41.1 cm³/mol. The van der Waals surface area contributed by atoms with Crippen molar-refractivity contribution in [2.24, 2.45) is 0 Å². The van der Waals surface area contributed by atoms with Crippen molar-refractivity contribution in [1.82, 2.24) is 9.55 Å². The Bertz CT molecular complexity index is 382. The Morgan fingerprint density at radius 3 is 2.62 bits per heavy atom. The van der Waals surface area contributed by atoms with E-state index >= 15 is 0 Å². The van der Waals surface area contributed by atoms with E-state index in [2.05, 4.69) is 0 Å². The monoisotopic (exact) mass is 192 g/mol. The molecule has 13 heavy (non-hydrogen) atoms. The van der Waals surface area contributed by atoms with Crippen LogP contribution in [0.4, 0.5) is 0 Å². The van der Waals surface area contributed by atoms with E-state index in [-0.39, 0.29) is 29.6 Å². The van der Waals surface area contributed by atoms with Crippen molar-refractivity contribution in [3.63, 3.8) is 0 Å². The molecule has 0 spiro atoms. The summed E-state index contributed by atoms with van der Waals surface area (Å²) in [4.78, 5) is 23.6. The second-order valence-electron chi connectivity index (χ2n) is 2.43. The minimum atomic E-state index is -0.641. The number of nitrogens with zero attached hydrogens (tertiary/aromatic N) is 1. The molecule has 0 amide bonds. The Balaban J connectivity index is 0.00000144. The summed E-state index contributed by atoms with van der Waals surface area (Å²) in [5, 5.41) is 11.0. The van der Waals surface area contributed by atoms with Crippen LogP contribution in [0.1, 0.15) is 13.3 Å². The summed E-state index contributed by atoms with van der Waals surface area (Å²) in [5.74, 6) is -0.536. The topological polar surface area (TPSA) is 77.9 Å². The average Bonchev–Trinajstić information content (AvgIpc) is 1.96. The van der Waals surface area contributed by atoms with Gasteiger partial charge in [0, 0.05) is 12.6 Å². The first-order chi connectivity index (χ1) is 5.65. The Hall–Kier alpha value is -0.520. The molecule has 1 aromatic rings. The van der Waals surface area contributed by atoms with Crippen LogP contribution in [-0.4, -0.2) is 9.55 Å². The van der Waals surface area contributed by atoms with E-state index in [9.17, 15) is 14.7 Å². The SMILES string of the molecule is CCCn1c([O-])cc(=O)[nH]c1=O.[Na+]. The number of hydrogen-bond donors (Lipinski definition) is 1. The first-order valence-electron chi connectivity index (χ1n) is 3.66. The van der Waals surface area contributed by atoms with Gasteiger partial charge in [-0.2, -0.15) is 0 Å². The molecular formula is C7H9N2NaO3. The molecule has 1 heterocycles. The molecule has 1 aromatic heterocycles. The number of rotatable bonds is 2. The minimum absolute atomic E-state index is 0. The molecule has 0 aromatic carbocycles. The van der Waals surface area contributed by atoms with Crippen LogP contribution in [-0.2, 0) is 6.54 Å². The van der Waals surface area contributed by atoms with Crippen LogP contribution < -0.4 is 45.9 Å². The van der Waals surface area contributed by atoms with E-state index < -0.39 is 17.1 Å². The molecular weight excluding hydrogens is 183 g/mol. The second-order valence-corrected chi connectivity index (χ2v) is 2.43. The summed E-state index contributed by atoms with van der Waals surface area (Å²) in [6.45, 7) is 2.19. The molecule has 1 N–H and O–H groups in total. The number of nitrogens with one attached hydrogen (secondary N) is 1. The number of hydrogen-bond acceptors (Lipinski definition) is 3. The van der Waals surface area contributed by atoms with Crippen molar-refractivity contribution in [2.75, 3.05) is 0 Å². The summed E-state index contributed by atoms with van der Waals surface area (Å²) < 4.78 is 1.00. The fourth-order valence-electron chi connectivity index (χ4n) is 0.934. The zero-order chi connectivity index (χ0) is 9.14. The van der Waals surface area contributed by atoms with Gasteiger partial charge >= 0.3 is 35.2 Å². The molecule has 0 saturated carbocycles. The smallest absolute Gasteiger partial charge is 0.860 e. The standard InChI is InChI=1S/C7H10N2O3.Na/c1-2-3-9-6(11)4-5(10)8-7(9)12;/h4,11H,2-3H2,1H3,(H,8,10,12);/q;+1/p-1. The van der Waals surface area contributed by atoms with Crippen LogP contribution in [0, 0.1) is 0 Å². The van der Waals surface area contributed by atoms with E-state index in [1.807, 2.05) is 11.9 Å². The largest absolute Gasteiger partial charge is 1.00 e. The molecule has 5 nitrogen and oxygen atoms in total. The van der Waals surface area contributed by atoms with E-state index in [0.29, 0.717) is 13.0 Å². The zero-order valence-corrected chi connectivity index (χ0v) is 9.66. The molecule has 0 aliphatic carbocycles. The molecule has 0 unspecified atom stereocenters. The van der Waals surface area contributed by atoms with Gasteiger partial charge in [0.1, 0.15) is 0 Å². The molecule has 0 bridgehead atoms. The molecule has 0 aliphatic rings. The van der Waals surface area contributed by atoms with Gasteiger partial charge in [0.2, 0.25) is 0 Å². The number of aromatic nitrogens is 2. The fourth-order valence-corrected chi connectivity index (χ4v) is 0.934. The summed E-state index contributed by atoms with van der Waals surface area (Å²) in [7, 11) is 0. The summed E-state index contributed by atoms with van der Waals surface area (Å²) >= 11 is 0. The van der Waals surface area contributed by atoms with Crippen molar-refractivity contribution < 1.29 is 34.7 Å². The van der Waals surface area contributed by atoms with Gasteiger partial charge in [0.15, 0.2) is 0 Å². The van der Waals surface area contributed by atoms with Crippen molar-refractivity contribution in [2.45, 2.75) is 19.9 Å². The van der Waals surface area contributed by atoms with Crippen LogP contribution >= 0.6 is 0 Å². The van der Waals surface area contributed by atoms with E-state index in [1.54, 1.807) is 0 Å². The van der Waals surface area contributed by atoms with Gasteiger partial charge in [-0.15, -0.1) is 0 Å². The Kier molecular flexibility index (Phi) is 5.05. The third-order valence-corrected chi connectivity index (χ3v) is 1.44. The number of H-pyrrole nitrogens is 1. The van der Waals surface area contributed by atoms with Gasteiger partial charge < -0.3 is 9.67 Å². The second kappa shape index (κ2) is 5.26. The van der Waals surface area contributed by atoms with E-state index in [1.165, 1.54) is 0 Å². The van der Waals surface area contributed by atoms with Gasteiger partial charge in [-0.25, -0.2) is 4.79 Å². The first kappa shape index (κ1) is 12.5. The predicted octanol–water partition coefficient (Wildman–Crippen LogP) is -3.98. The van der Waals surface area contributed by atoms with Crippen LogP contribution in [0.3, 0.4) is 0 Å². The minimum Gasteiger partial charge on any atom is -0.860 e. The molecule has 0 aliphatic heterocycles. The van der Waals surface area contributed by atoms with Crippen molar-refractivity contribution >= 4 is 0 Å². The third kappa shape index (κ3) is 3.02. The molecule has 0 fully saturated rings. The molecule has 0 atom stereocenters. The first-order valence-corrected chi connectivity index (χ1v) is 3.66. The molecule has 6 heteroatoms. The molecule has 66 valence electrons. The fraction of sp³-hybridized carbons (Fsp3) is 0.429. The molecule has 0 saturated heterocycles. The Labute approximate surface area is 96.7 Å². The molecule has 1 rings (SSSR count). The maximum absolute atomic E-state index is 11.0.